The molecule has 0 aromatic rings. The van der Waals surface area contributed by atoms with E-state index >= 15 is 0 Å². The molecule has 5 N–H and O–H groups in total. The topological polar surface area (TPSA) is 101 Å². The molecule has 1 rings (SSSR count). The fraction of sp³-hybridized carbons (Fsp3) is 1.00. The molecule has 0 aliphatic heterocycles. The maximum absolute atomic E-state index is 9.18. The molecule has 0 aromatic heterocycles. The van der Waals surface area contributed by atoms with Crippen LogP contribution in [0.3, 0.4) is 0 Å². The average Bonchev–Trinajstić information content (AvgIpc) is 2.03. The van der Waals surface area contributed by atoms with E-state index in [0.717, 1.165) is 0 Å². The molecular formula is C6H12O5. The molecule has 0 unspecified atom stereocenters. The van der Waals surface area contributed by atoms with Crippen LogP contribution < -0.4 is 0 Å². The Bertz CT molecular complexity index is 145. The zero-order valence-corrected chi connectivity index (χ0v) is 5.93. The minimum atomic E-state index is -1.64. The van der Waals surface area contributed by atoms with Crippen LogP contribution in [0.15, 0.2) is 0 Å². The van der Waals surface area contributed by atoms with E-state index in [4.69, 9.17) is 15.3 Å². The highest BCUT2D eigenvalue weighted by molar-refractivity contribution is 5.13. The van der Waals surface area contributed by atoms with Crippen LogP contribution in [0.1, 0.15) is 6.42 Å². The van der Waals surface area contributed by atoms with Crippen LogP contribution in [0.25, 0.3) is 0 Å². The lowest BCUT2D eigenvalue weighted by molar-refractivity contribution is -0.289. The van der Waals surface area contributed by atoms with Gasteiger partial charge in [-0.15, -0.1) is 0 Å². The monoisotopic (exact) mass is 164 g/mol. The molecule has 1 saturated carbocycles. The van der Waals surface area contributed by atoms with Gasteiger partial charge in [0.25, 0.3) is 0 Å². The fourth-order valence-electron chi connectivity index (χ4n) is 1.38. The summed E-state index contributed by atoms with van der Waals surface area (Å²) in [5.74, 6) is 0. The molecule has 5 nitrogen and oxygen atoms in total. The zero-order valence-electron chi connectivity index (χ0n) is 5.93. The Kier molecular flexibility index (Phi) is 1.94. The van der Waals surface area contributed by atoms with Gasteiger partial charge in [-0.05, 0) is 0 Å². The highest BCUT2D eigenvalue weighted by atomic mass is 16.4. The smallest absolute Gasteiger partial charge is 0.119 e. The van der Waals surface area contributed by atoms with Crippen LogP contribution in [-0.2, 0) is 0 Å². The summed E-state index contributed by atoms with van der Waals surface area (Å²) in [7, 11) is 0. The van der Waals surface area contributed by atoms with Crippen LogP contribution in [0.4, 0.5) is 0 Å². The maximum atomic E-state index is 9.18. The van der Waals surface area contributed by atoms with Gasteiger partial charge in [0.1, 0.15) is 17.3 Å². The normalized spacial score (nSPS) is 50.5. The zero-order chi connectivity index (χ0) is 8.70. The van der Waals surface area contributed by atoms with Gasteiger partial charge < -0.3 is 25.5 Å². The van der Waals surface area contributed by atoms with Gasteiger partial charge in [0, 0.05) is 6.42 Å². The van der Waals surface area contributed by atoms with Crippen LogP contribution in [0.2, 0.25) is 0 Å². The molecule has 3 atom stereocenters. The van der Waals surface area contributed by atoms with E-state index in [1.807, 2.05) is 0 Å². The van der Waals surface area contributed by atoms with Crippen LogP contribution >= 0.6 is 0 Å². The second-order valence-electron chi connectivity index (χ2n) is 3.10. The molecule has 0 spiro atoms. The third kappa shape index (κ3) is 1.05. The van der Waals surface area contributed by atoms with Crippen molar-refractivity contribution >= 4 is 0 Å². The van der Waals surface area contributed by atoms with Gasteiger partial charge in [-0.25, -0.2) is 0 Å². The highest BCUT2D eigenvalue weighted by Crippen LogP contribution is 2.40. The van der Waals surface area contributed by atoms with Crippen LogP contribution in [0, 0.1) is 0 Å². The van der Waals surface area contributed by atoms with E-state index in [-0.39, 0.29) is 6.42 Å². The lowest BCUT2D eigenvalue weighted by atomic mass is 9.65. The van der Waals surface area contributed by atoms with Crippen molar-refractivity contribution in [1.29, 1.82) is 0 Å². The molecule has 0 amide bonds. The molecule has 66 valence electrons. The standard InChI is InChI=1S/C6H12O5/c7-2-5(10)1-6(11,3-8)4(5)9/h4,7-11H,1-3H2/t4-,5-,6+. The van der Waals surface area contributed by atoms with Crippen molar-refractivity contribution in [2.24, 2.45) is 0 Å². The first-order valence-corrected chi connectivity index (χ1v) is 3.33. The summed E-state index contributed by atoms with van der Waals surface area (Å²) >= 11 is 0. The SMILES string of the molecule is OC[C@@]1(O)C[C@@](O)(CO)[C@H]1O. The summed E-state index contributed by atoms with van der Waals surface area (Å²) in [4.78, 5) is 0. The summed E-state index contributed by atoms with van der Waals surface area (Å²) in [6, 6.07) is 0. The van der Waals surface area contributed by atoms with E-state index in [1.54, 1.807) is 0 Å². The molecule has 5 heteroatoms. The molecule has 0 bridgehead atoms. The lowest BCUT2D eigenvalue weighted by Crippen LogP contribution is -2.73. The van der Waals surface area contributed by atoms with Crippen molar-refractivity contribution in [3.8, 4) is 0 Å². The van der Waals surface area contributed by atoms with E-state index < -0.39 is 30.5 Å². The van der Waals surface area contributed by atoms with E-state index in [2.05, 4.69) is 0 Å². The van der Waals surface area contributed by atoms with Gasteiger partial charge in [-0.3, -0.25) is 0 Å². The van der Waals surface area contributed by atoms with E-state index in [9.17, 15) is 10.2 Å². The first-order chi connectivity index (χ1) is 4.98. The Balaban J connectivity index is 2.62. The number of aliphatic hydroxyl groups is 5. The van der Waals surface area contributed by atoms with E-state index in [0.29, 0.717) is 0 Å². The third-order valence-electron chi connectivity index (χ3n) is 2.18. The molecular weight excluding hydrogens is 152 g/mol. The van der Waals surface area contributed by atoms with Crippen molar-refractivity contribution < 1.29 is 25.5 Å². The first kappa shape index (κ1) is 8.89. The maximum Gasteiger partial charge on any atom is 0.119 e. The number of hydrogen-bond donors (Lipinski definition) is 5. The van der Waals surface area contributed by atoms with Crippen molar-refractivity contribution in [2.75, 3.05) is 13.2 Å². The quantitative estimate of drug-likeness (QED) is 0.303. The minimum Gasteiger partial charge on any atom is -0.393 e. The number of rotatable bonds is 2. The number of aliphatic hydroxyl groups excluding tert-OH is 3. The summed E-state index contributed by atoms with van der Waals surface area (Å²) < 4.78 is 0. The molecule has 11 heavy (non-hydrogen) atoms. The van der Waals surface area contributed by atoms with Gasteiger partial charge in [0.15, 0.2) is 0 Å². The Labute approximate surface area is 63.5 Å². The molecule has 0 aromatic carbocycles. The Morgan fingerprint density at radius 1 is 1.09 bits per heavy atom. The molecule has 0 saturated heterocycles. The second-order valence-corrected chi connectivity index (χ2v) is 3.10. The van der Waals surface area contributed by atoms with Crippen LogP contribution in [-0.4, -0.2) is 56.1 Å². The predicted octanol–water partition coefficient (Wildman–Crippen LogP) is -2.80. The second kappa shape index (κ2) is 2.40. The molecule has 1 fully saturated rings. The van der Waals surface area contributed by atoms with Crippen molar-refractivity contribution in [3.63, 3.8) is 0 Å². The van der Waals surface area contributed by atoms with Crippen molar-refractivity contribution in [1.82, 2.24) is 0 Å². The minimum absolute atomic E-state index is 0.200. The average molecular weight is 164 g/mol. The molecule has 1 aliphatic carbocycles. The molecule has 0 radical (unpaired) electrons. The Morgan fingerprint density at radius 2 is 1.45 bits per heavy atom. The van der Waals surface area contributed by atoms with Gasteiger partial charge in [-0.1, -0.05) is 0 Å². The Hall–Kier alpha value is -0.200. The summed E-state index contributed by atoms with van der Waals surface area (Å²) in [5, 5.41) is 44.5. The first-order valence-electron chi connectivity index (χ1n) is 3.33. The Morgan fingerprint density at radius 3 is 1.64 bits per heavy atom. The van der Waals surface area contributed by atoms with Gasteiger partial charge in [-0.2, -0.15) is 0 Å². The summed E-state index contributed by atoms with van der Waals surface area (Å²) in [5.41, 5.74) is -3.28. The van der Waals surface area contributed by atoms with E-state index in [1.165, 1.54) is 0 Å². The number of hydrogen-bond acceptors (Lipinski definition) is 5. The molecule has 0 heterocycles. The summed E-state index contributed by atoms with van der Waals surface area (Å²) in [6.07, 6.45) is -1.67. The van der Waals surface area contributed by atoms with Crippen molar-refractivity contribution in [3.05, 3.63) is 0 Å². The fourth-order valence-corrected chi connectivity index (χ4v) is 1.38. The molecule has 1 aliphatic rings. The largest absolute Gasteiger partial charge is 0.393 e. The predicted molar refractivity (Wildman–Crippen MR) is 34.7 cm³/mol. The summed E-state index contributed by atoms with van der Waals surface area (Å²) in [6.45, 7) is -1.23. The highest BCUT2D eigenvalue weighted by Gasteiger charge is 2.61. The van der Waals surface area contributed by atoms with Gasteiger partial charge in [0.2, 0.25) is 0 Å². The van der Waals surface area contributed by atoms with Crippen LogP contribution in [0.5, 0.6) is 0 Å². The van der Waals surface area contributed by atoms with Gasteiger partial charge >= 0.3 is 0 Å². The van der Waals surface area contributed by atoms with Gasteiger partial charge in [0.05, 0.1) is 13.2 Å². The third-order valence-corrected chi connectivity index (χ3v) is 2.18. The van der Waals surface area contributed by atoms with Crippen molar-refractivity contribution in [2.45, 2.75) is 23.7 Å². The lowest BCUT2D eigenvalue weighted by Gasteiger charge is -2.52.